The molecule has 0 aliphatic carbocycles. The molecule has 1 fully saturated rings. The molecule has 1 aromatic carbocycles. The van der Waals surface area contributed by atoms with E-state index >= 15 is 0 Å². The zero-order valence-electron chi connectivity index (χ0n) is 9.65. The van der Waals surface area contributed by atoms with Crippen molar-refractivity contribution in [2.45, 2.75) is 18.9 Å². The van der Waals surface area contributed by atoms with Gasteiger partial charge in [0.15, 0.2) is 0 Å². The zero-order valence-corrected chi connectivity index (χ0v) is 9.65. The molecular weight excluding hydrogens is 265 g/mol. The molecule has 5 nitrogen and oxygen atoms in total. The molecule has 2 rings (SSSR count). The van der Waals surface area contributed by atoms with E-state index < -0.39 is 18.2 Å². The van der Waals surface area contributed by atoms with E-state index in [0.29, 0.717) is 0 Å². The first kappa shape index (κ1) is 13.5. The summed E-state index contributed by atoms with van der Waals surface area (Å²) < 4.78 is 39.8. The predicted molar refractivity (Wildman–Crippen MR) is 60.5 cm³/mol. The third-order valence-electron chi connectivity index (χ3n) is 2.63. The van der Waals surface area contributed by atoms with Gasteiger partial charge in [-0.3, -0.25) is 4.79 Å². The minimum Gasteiger partial charge on any atom is -0.406 e. The van der Waals surface area contributed by atoms with Crippen molar-refractivity contribution in [3.8, 4) is 5.75 Å². The van der Waals surface area contributed by atoms with Crippen molar-refractivity contribution in [3.05, 3.63) is 18.2 Å². The fourth-order valence-electron chi connectivity index (χ4n) is 1.90. The van der Waals surface area contributed by atoms with Crippen molar-refractivity contribution in [1.29, 1.82) is 0 Å². The number of hydrogen-bond acceptors (Lipinski definition) is 4. The average molecular weight is 276 g/mol. The summed E-state index contributed by atoms with van der Waals surface area (Å²) in [4.78, 5) is 12.8. The minimum atomic E-state index is -4.80. The van der Waals surface area contributed by atoms with Gasteiger partial charge >= 0.3 is 6.36 Å². The number of anilines is 2. The van der Waals surface area contributed by atoms with Gasteiger partial charge < -0.3 is 20.5 Å². The first-order valence-electron chi connectivity index (χ1n) is 5.40. The average Bonchev–Trinajstić information content (AvgIpc) is 2.55. The van der Waals surface area contributed by atoms with Crippen LogP contribution in [0.15, 0.2) is 18.2 Å². The Morgan fingerprint density at radius 3 is 2.58 bits per heavy atom. The molecule has 1 aliphatic rings. The topological polar surface area (TPSA) is 75.8 Å². The van der Waals surface area contributed by atoms with Gasteiger partial charge in [-0.05, 0) is 12.1 Å². The summed E-state index contributed by atoms with van der Waals surface area (Å²) in [7, 11) is 0. The van der Waals surface area contributed by atoms with E-state index in [2.05, 4.69) is 4.74 Å². The molecule has 1 saturated heterocycles. The number of amides is 1. The lowest BCUT2D eigenvalue weighted by atomic mass is 10.2. The Balaban J connectivity index is 2.22. The van der Waals surface area contributed by atoms with Crippen LogP contribution in [0.1, 0.15) is 6.42 Å². The number of nitrogens with two attached hydrogens (primary N) is 1. The Morgan fingerprint density at radius 2 is 2.11 bits per heavy atom. The van der Waals surface area contributed by atoms with E-state index in [0.717, 1.165) is 12.1 Å². The van der Waals surface area contributed by atoms with Crippen LogP contribution in [0.25, 0.3) is 0 Å². The van der Waals surface area contributed by atoms with Crippen LogP contribution in [-0.2, 0) is 4.79 Å². The number of carbonyl (C=O) groups excluding carboxylic acids is 1. The summed E-state index contributed by atoms with van der Waals surface area (Å²) in [5.74, 6) is -0.787. The fourth-order valence-corrected chi connectivity index (χ4v) is 1.90. The van der Waals surface area contributed by atoms with Gasteiger partial charge in [-0.2, -0.15) is 0 Å². The van der Waals surface area contributed by atoms with Gasteiger partial charge in [0.1, 0.15) is 5.75 Å². The molecule has 8 heteroatoms. The van der Waals surface area contributed by atoms with E-state index in [1.807, 2.05) is 0 Å². The maximum absolute atomic E-state index is 12.0. The van der Waals surface area contributed by atoms with Gasteiger partial charge in [0.25, 0.3) is 0 Å². The van der Waals surface area contributed by atoms with Crippen LogP contribution in [0.5, 0.6) is 5.75 Å². The smallest absolute Gasteiger partial charge is 0.406 e. The Kier molecular flexibility index (Phi) is 3.27. The van der Waals surface area contributed by atoms with E-state index in [9.17, 15) is 23.1 Å². The molecule has 0 bridgehead atoms. The van der Waals surface area contributed by atoms with Crippen LogP contribution in [0.2, 0.25) is 0 Å². The largest absolute Gasteiger partial charge is 0.573 e. The molecule has 0 radical (unpaired) electrons. The van der Waals surface area contributed by atoms with E-state index in [-0.39, 0.29) is 30.2 Å². The lowest BCUT2D eigenvalue weighted by Crippen LogP contribution is -2.26. The molecule has 104 valence electrons. The number of aliphatic hydroxyl groups excluding tert-OH is 1. The van der Waals surface area contributed by atoms with Gasteiger partial charge in [-0.15, -0.1) is 13.2 Å². The normalized spacial score (nSPS) is 19.9. The Morgan fingerprint density at radius 1 is 1.42 bits per heavy atom. The number of benzene rings is 1. The maximum Gasteiger partial charge on any atom is 0.573 e. The van der Waals surface area contributed by atoms with Gasteiger partial charge in [-0.1, -0.05) is 0 Å². The highest BCUT2D eigenvalue weighted by molar-refractivity contribution is 5.98. The summed E-state index contributed by atoms with van der Waals surface area (Å²) in [5.41, 5.74) is 5.84. The molecule has 3 N–H and O–H groups in total. The van der Waals surface area contributed by atoms with Gasteiger partial charge in [0.05, 0.1) is 30.4 Å². The molecule has 0 aromatic heterocycles. The van der Waals surface area contributed by atoms with Crippen LogP contribution in [0.4, 0.5) is 24.5 Å². The van der Waals surface area contributed by atoms with Crippen LogP contribution < -0.4 is 15.4 Å². The highest BCUT2D eigenvalue weighted by Gasteiger charge is 2.33. The van der Waals surface area contributed by atoms with Crippen molar-refractivity contribution < 1.29 is 27.8 Å². The van der Waals surface area contributed by atoms with Crippen LogP contribution in [0, 0.1) is 0 Å². The second-order valence-corrected chi connectivity index (χ2v) is 4.13. The second kappa shape index (κ2) is 4.61. The Hall–Kier alpha value is -1.96. The molecule has 1 unspecified atom stereocenters. The first-order valence-corrected chi connectivity index (χ1v) is 5.40. The van der Waals surface area contributed by atoms with Gasteiger partial charge in [0.2, 0.25) is 5.91 Å². The molecule has 19 heavy (non-hydrogen) atoms. The van der Waals surface area contributed by atoms with Crippen molar-refractivity contribution in [1.82, 2.24) is 0 Å². The van der Waals surface area contributed by atoms with Gasteiger partial charge in [0, 0.05) is 6.07 Å². The fraction of sp³-hybridized carbons (Fsp3) is 0.364. The highest BCUT2D eigenvalue weighted by Crippen LogP contribution is 2.32. The molecule has 1 atom stereocenters. The third kappa shape index (κ3) is 3.08. The molecule has 1 amide bonds. The van der Waals surface area contributed by atoms with Crippen molar-refractivity contribution in [2.75, 3.05) is 17.2 Å². The number of nitrogens with zero attached hydrogens (tertiary/aromatic N) is 1. The monoisotopic (exact) mass is 276 g/mol. The van der Waals surface area contributed by atoms with Crippen LogP contribution in [0.3, 0.4) is 0 Å². The van der Waals surface area contributed by atoms with E-state index in [1.54, 1.807) is 0 Å². The number of halogens is 3. The molecule has 1 heterocycles. The number of rotatable bonds is 2. The standard InChI is InChI=1S/C11H11F3N2O3/c12-11(13,14)19-7-1-2-9(8(15)4-7)16-5-6(17)3-10(16)18/h1-2,4,6,17H,3,5,15H2. The molecule has 0 saturated carbocycles. The van der Waals surface area contributed by atoms with Gasteiger partial charge in [-0.25, -0.2) is 0 Å². The minimum absolute atomic E-state index is 0.0239. The number of ether oxygens (including phenoxy) is 1. The quantitative estimate of drug-likeness (QED) is 0.797. The number of nitrogen functional groups attached to an aromatic ring is 1. The van der Waals surface area contributed by atoms with Crippen molar-refractivity contribution in [3.63, 3.8) is 0 Å². The van der Waals surface area contributed by atoms with Crippen molar-refractivity contribution in [2.24, 2.45) is 0 Å². The van der Waals surface area contributed by atoms with E-state index in [4.69, 9.17) is 5.73 Å². The maximum atomic E-state index is 12.0. The SMILES string of the molecule is Nc1cc(OC(F)(F)F)ccc1N1CC(O)CC1=O. The summed E-state index contributed by atoms with van der Waals surface area (Å²) in [6, 6.07) is 3.31. The summed E-state index contributed by atoms with van der Waals surface area (Å²) in [6.07, 6.45) is -5.62. The molecular formula is C11H11F3N2O3. The predicted octanol–water partition coefficient (Wildman–Crippen LogP) is 1.27. The third-order valence-corrected chi connectivity index (χ3v) is 2.63. The lowest BCUT2D eigenvalue weighted by Gasteiger charge is -2.19. The summed E-state index contributed by atoms with van der Waals surface area (Å²) in [6.45, 7) is 0.0719. The highest BCUT2D eigenvalue weighted by atomic mass is 19.4. The molecule has 0 spiro atoms. The van der Waals surface area contributed by atoms with Crippen LogP contribution in [-0.4, -0.2) is 30.0 Å². The zero-order chi connectivity index (χ0) is 14.2. The molecule has 1 aromatic rings. The number of aliphatic hydroxyl groups is 1. The van der Waals surface area contributed by atoms with Crippen LogP contribution >= 0.6 is 0 Å². The van der Waals surface area contributed by atoms with Crippen molar-refractivity contribution >= 4 is 17.3 Å². The Labute approximate surface area is 106 Å². The number of hydrogen-bond donors (Lipinski definition) is 2. The molecule has 1 aliphatic heterocycles. The van der Waals surface area contributed by atoms with E-state index in [1.165, 1.54) is 11.0 Å². The summed E-state index contributed by atoms with van der Waals surface area (Å²) in [5, 5.41) is 9.35. The number of alkyl halides is 3. The second-order valence-electron chi connectivity index (χ2n) is 4.13. The summed E-state index contributed by atoms with van der Waals surface area (Å²) >= 11 is 0. The first-order chi connectivity index (χ1) is 8.76. The lowest BCUT2D eigenvalue weighted by molar-refractivity contribution is -0.274. The number of carbonyl (C=O) groups is 1. The Bertz CT molecular complexity index is 504. The number of β-amino-alcohol motifs (C(OH)–C–C–N with tert-alkyl or cyclic N) is 1.